The van der Waals surface area contributed by atoms with Gasteiger partial charge in [-0.2, -0.15) is 0 Å². The van der Waals surface area contributed by atoms with E-state index in [2.05, 4.69) is 12.2 Å². The van der Waals surface area contributed by atoms with Crippen LogP contribution in [0.1, 0.15) is 13.3 Å². The van der Waals surface area contributed by atoms with E-state index in [1.165, 1.54) is 11.8 Å². The molecule has 0 spiro atoms. The molecule has 4 aliphatic carbocycles. The van der Waals surface area contributed by atoms with E-state index in [4.69, 9.17) is 4.74 Å². The van der Waals surface area contributed by atoms with Crippen molar-refractivity contribution in [3.8, 4) is 5.75 Å². The topological polar surface area (TPSA) is 63.7 Å². The fourth-order valence-corrected chi connectivity index (χ4v) is 5.04. The van der Waals surface area contributed by atoms with Gasteiger partial charge in [-0.25, -0.2) is 0 Å². The molecule has 1 heterocycles. The predicted octanol–water partition coefficient (Wildman–Crippen LogP) is 2.17. The maximum absolute atomic E-state index is 13.0. The van der Waals surface area contributed by atoms with Gasteiger partial charge in [0.15, 0.2) is 0 Å². The molecule has 24 heavy (non-hydrogen) atoms. The Hall–Kier alpha value is -2.43. The first-order valence-corrected chi connectivity index (χ1v) is 8.41. The Morgan fingerprint density at radius 2 is 1.54 bits per heavy atom. The summed E-state index contributed by atoms with van der Waals surface area (Å²) >= 11 is 0. The Labute approximate surface area is 139 Å². The van der Waals surface area contributed by atoms with Gasteiger partial charge >= 0.3 is 5.97 Å². The van der Waals surface area contributed by atoms with Crippen molar-refractivity contribution in [2.75, 3.05) is 4.90 Å². The molecule has 2 saturated carbocycles. The van der Waals surface area contributed by atoms with E-state index in [0.29, 0.717) is 23.3 Å². The van der Waals surface area contributed by atoms with Gasteiger partial charge in [0.1, 0.15) is 5.75 Å². The highest BCUT2D eigenvalue weighted by Gasteiger charge is 2.67. The van der Waals surface area contributed by atoms with Crippen LogP contribution in [0.25, 0.3) is 0 Å². The lowest BCUT2D eigenvalue weighted by atomic mass is 9.63. The molecule has 0 unspecified atom stereocenters. The summed E-state index contributed by atoms with van der Waals surface area (Å²) in [5, 5.41) is 0. The van der Waals surface area contributed by atoms with E-state index in [1.807, 2.05) is 0 Å². The van der Waals surface area contributed by atoms with Crippen molar-refractivity contribution in [2.45, 2.75) is 13.3 Å². The molecule has 5 nitrogen and oxygen atoms in total. The summed E-state index contributed by atoms with van der Waals surface area (Å²) in [4.78, 5) is 38.2. The van der Waals surface area contributed by atoms with Crippen molar-refractivity contribution >= 4 is 23.5 Å². The van der Waals surface area contributed by atoms with Gasteiger partial charge in [0.25, 0.3) is 0 Å². The van der Waals surface area contributed by atoms with Crippen LogP contribution in [0.15, 0.2) is 36.4 Å². The van der Waals surface area contributed by atoms with E-state index in [9.17, 15) is 14.4 Å². The molecule has 2 bridgehead atoms. The number of carbonyl (C=O) groups excluding carboxylic acids is 3. The molecule has 5 heteroatoms. The van der Waals surface area contributed by atoms with Crippen LogP contribution in [-0.2, 0) is 14.4 Å². The van der Waals surface area contributed by atoms with E-state index >= 15 is 0 Å². The van der Waals surface area contributed by atoms with Gasteiger partial charge in [0, 0.05) is 6.92 Å². The van der Waals surface area contributed by atoms with Gasteiger partial charge in [-0.1, -0.05) is 12.2 Å². The lowest BCUT2D eigenvalue weighted by Crippen LogP contribution is -2.40. The van der Waals surface area contributed by atoms with E-state index in [1.54, 1.807) is 24.3 Å². The minimum Gasteiger partial charge on any atom is -0.427 e. The molecule has 0 radical (unpaired) electrons. The normalized spacial score (nSPS) is 38.1. The predicted molar refractivity (Wildman–Crippen MR) is 84.9 cm³/mol. The molecule has 3 fully saturated rings. The zero-order valence-electron chi connectivity index (χ0n) is 13.2. The molecule has 6 atom stereocenters. The maximum atomic E-state index is 13.0. The van der Waals surface area contributed by atoms with Crippen LogP contribution in [-0.4, -0.2) is 17.8 Å². The Morgan fingerprint density at radius 1 is 1.00 bits per heavy atom. The van der Waals surface area contributed by atoms with Crippen LogP contribution < -0.4 is 9.64 Å². The van der Waals surface area contributed by atoms with Gasteiger partial charge in [-0.05, 0) is 54.4 Å². The van der Waals surface area contributed by atoms with Crippen LogP contribution in [0.2, 0.25) is 0 Å². The Bertz CT molecular complexity index is 760. The summed E-state index contributed by atoms with van der Waals surface area (Å²) in [6.07, 6.45) is 5.49. The van der Waals surface area contributed by atoms with E-state index in [-0.39, 0.29) is 35.5 Å². The first-order valence-electron chi connectivity index (χ1n) is 8.41. The van der Waals surface area contributed by atoms with Gasteiger partial charge in [0.2, 0.25) is 11.8 Å². The van der Waals surface area contributed by atoms with Gasteiger partial charge in [0.05, 0.1) is 17.5 Å². The van der Waals surface area contributed by atoms with Crippen molar-refractivity contribution in [1.82, 2.24) is 0 Å². The van der Waals surface area contributed by atoms with Gasteiger partial charge in [-0.3, -0.25) is 19.3 Å². The fraction of sp³-hybridized carbons (Fsp3) is 0.421. The second kappa shape index (κ2) is 4.56. The number of allylic oxidation sites excluding steroid dienone is 2. The molecular formula is C19H17NO4. The molecule has 1 aliphatic heterocycles. The molecule has 6 rings (SSSR count). The zero-order chi connectivity index (χ0) is 16.6. The number of hydrogen-bond donors (Lipinski definition) is 0. The highest BCUT2D eigenvalue weighted by atomic mass is 16.5. The number of imide groups is 1. The summed E-state index contributed by atoms with van der Waals surface area (Å²) in [6.45, 7) is 1.33. The van der Waals surface area contributed by atoms with Crippen LogP contribution in [0, 0.1) is 35.5 Å². The van der Waals surface area contributed by atoms with Crippen molar-refractivity contribution in [2.24, 2.45) is 35.5 Å². The van der Waals surface area contributed by atoms with Gasteiger partial charge < -0.3 is 4.74 Å². The number of ether oxygens (including phenoxy) is 1. The standard InChI is InChI=1S/C19H17NO4/c1-9(21)24-11-4-2-10(3-5-11)20-18(22)16-12-6-7-13(15-8-14(12)15)17(16)19(20)23/h2-7,12-17H,8H2,1H3/t12-,13+,14-,15+,16+,17-. The van der Waals surface area contributed by atoms with Crippen molar-refractivity contribution < 1.29 is 19.1 Å². The molecule has 0 N–H and O–H groups in total. The van der Waals surface area contributed by atoms with Crippen LogP contribution in [0.5, 0.6) is 5.75 Å². The Kier molecular flexibility index (Phi) is 2.65. The lowest BCUT2D eigenvalue weighted by molar-refractivity contribution is -0.132. The number of nitrogens with zero attached hydrogens (tertiary/aromatic N) is 1. The molecule has 5 aliphatic rings. The third-order valence-electron chi connectivity index (χ3n) is 6.02. The molecule has 1 aromatic rings. The summed E-state index contributed by atoms with van der Waals surface area (Å²) in [5.41, 5.74) is 0.559. The summed E-state index contributed by atoms with van der Waals surface area (Å²) in [7, 11) is 0. The second-order valence-corrected chi connectivity index (χ2v) is 7.25. The monoisotopic (exact) mass is 323 g/mol. The highest BCUT2D eigenvalue weighted by Crippen LogP contribution is 2.65. The first-order chi connectivity index (χ1) is 11.6. The molecule has 0 aromatic heterocycles. The quantitative estimate of drug-likeness (QED) is 0.362. The maximum Gasteiger partial charge on any atom is 0.308 e. The Morgan fingerprint density at radius 3 is 2.04 bits per heavy atom. The molecule has 1 aromatic carbocycles. The Balaban J connectivity index is 1.47. The zero-order valence-corrected chi connectivity index (χ0v) is 13.2. The fourth-order valence-electron chi connectivity index (χ4n) is 5.04. The smallest absolute Gasteiger partial charge is 0.308 e. The van der Waals surface area contributed by atoms with Crippen LogP contribution in [0.3, 0.4) is 0 Å². The van der Waals surface area contributed by atoms with Gasteiger partial charge in [-0.15, -0.1) is 0 Å². The molecule has 2 amide bonds. The van der Waals surface area contributed by atoms with Crippen molar-refractivity contribution in [1.29, 1.82) is 0 Å². The van der Waals surface area contributed by atoms with Crippen LogP contribution in [0.4, 0.5) is 5.69 Å². The molecule has 122 valence electrons. The SMILES string of the molecule is CC(=O)Oc1ccc(N2C(=O)[C@@H]3[C@H]4C=C[C@H]([C@H]5C[C@@H]45)[C@@H]3C2=O)cc1. The minimum atomic E-state index is -0.399. The average Bonchev–Trinajstić information content (AvgIpc) is 3.33. The van der Waals surface area contributed by atoms with Crippen molar-refractivity contribution in [3.63, 3.8) is 0 Å². The van der Waals surface area contributed by atoms with E-state index in [0.717, 1.165) is 6.42 Å². The minimum absolute atomic E-state index is 0.0741. The first kappa shape index (κ1) is 14.0. The number of rotatable bonds is 2. The number of carbonyl (C=O) groups is 3. The molecular weight excluding hydrogens is 306 g/mol. The largest absolute Gasteiger partial charge is 0.427 e. The summed E-state index contributed by atoms with van der Waals surface area (Å²) in [6, 6.07) is 6.57. The number of esters is 1. The third-order valence-corrected chi connectivity index (χ3v) is 6.02. The third kappa shape index (κ3) is 1.72. The average molecular weight is 323 g/mol. The van der Waals surface area contributed by atoms with E-state index < -0.39 is 5.97 Å². The lowest BCUT2D eigenvalue weighted by Gasteiger charge is -2.37. The van der Waals surface area contributed by atoms with Crippen molar-refractivity contribution in [3.05, 3.63) is 36.4 Å². The number of hydrogen-bond acceptors (Lipinski definition) is 4. The number of amides is 2. The summed E-state index contributed by atoms with van der Waals surface area (Å²) < 4.78 is 5.01. The highest BCUT2D eigenvalue weighted by molar-refractivity contribution is 6.22. The molecule has 1 saturated heterocycles. The number of benzene rings is 1. The summed E-state index contributed by atoms with van der Waals surface area (Å²) in [5.74, 6) is 1.14. The second-order valence-electron chi connectivity index (χ2n) is 7.25. The number of anilines is 1. The van der Waals surface area contributed by atoms with Crippen LogP contribution >= 0.6 is 0 Å².